The summed E-state index contributed by atoms with van der Waals surface area (Å²) in [5.41, 5.74) is 26.7. The molecular formula is C22H26N6S. The van der Waals surface area contributed by atoms with E-state index in [0.717, 1.165) is 12.8 Å². The third-order valence-corrected chi connectivity index (χ3v) is 5.67. The highest BCUT2D eigenvalue weighted by Crippen LogP contribution is 2.37. The highest BCUT2D eigenvalue weighted by molar-refractivity contribution is 7.18. The van der Waals surface area contributed by atoms with Gasteiger partial charge in [0.2, 0.25) is 0 Å². The van der Waals surface area contributed by atoms with Gasteiger partial charge >= 0.3 is 0 Å². The van der Waals surface area contributed by atoms with Crippen molar-refractivity contribution in [2.75, 3.05) is 13.1 Å². The summed E-state index contributed by atoms with van der Waals surface area (Å²) in [6, 6.07) is 21.1. The first-order valence-electron chi connectivity index (χ1n) is 9.42. The van der Waals surface area contributed by atoms with E-state index < -0.39 is 0 Å². The third-order valence-electron chi connectivity index (χ3n) is 4.52. The van der Waals surface area contributed by atoms with Crippen molar-refractivity contribution >= 4 is 23.3 Å². The van der Waals surface area contributed by atoms with Crippen molar-refractivity contribution in [2.45, 2.75) is 12.8 Å². The van der Waals surface area contributed by atoms with Gasteiger partial charge in [-0.25, -0.2) is 0 Å². The summed E-state index contributed by atoms with van der Waals surface area (Å²) in [7, 11) is 0. The summed E-state index contributed by atoms with van der Waals surface area (Å²) in [5, 5.41) is 0. The van der Waals surface area contributed by atoms with Crippen LogP contribution in [0.1, 0.15) is 11.1 Å². The molecule has 7 heteroatoms. The Labute approximate surface area is 175 Å². The molecule has 3 rings (SSSR count). The van der Waals surface area contributed by atoms with E-state index in [1.54, 1.807) is 11.3 Å². The Morgan fingerprint density at radius 3 is 1.45 bits per heavy atom. The Morgan fingerprint density at radius 2 is 1.03 bits per heavy atom. The van der Waals surface area contributed by atoms with Crippen LogP contribution >= 0.6 is 11.3 Å². The van der Waals surface area contributed by atoms with Crippen molar-refractivity contribution in [3.05, 3.63) is 71.8 Å². The Hall–Kier alpha value is -3.32. The molecule has 1 aromatic heterocycles. The number of benzene rings is 2. The highest BCUT2D eigenvalue weighted by atomic mass is 32.1. The summed E-state index contributed by atoms with van der Waals surface area (Å²) in [6.45, 7) is 1.15. The van der Waals surface area contributed by atoms with Crippen LogP contribution in [0, 0.1) is 0 Å². The van der Waals surface area contributed by atoms with E-state index in [2.05, 4.69) is 58.5 Å². The number of rotatable bonds is 8. The number of nitrogens with zero attached hydrogens (tertiary/aromatic N) is 2. The fraction of sp³-hybridized carbons (Fsp3) is 0.182. The molecule has 1 heterocycles. The van der Waals surface area contributed by atoms with Gasteiger partial charge in [0.15, 0.2) is 11.9 Å². The maximum atomic E-state index is 5.45. The molecule has 0 amide bonds. The zero-order chi connectivity index (χ0) is 20.6. The van der Waals surface area contributed by atoms with Gasteiger partial charge in [0.05, 0.1) is 0 Å². The molecule has 3 aromatic rings. The minimum Gasteiger partial charge on any atom is -0.370 e. The summed E-state index contributed by atoms with van der Waals surface area (Å²) in [6.07, 6.45) is 1.58. The topological polar surface area (TPSA) is 129 Å². The van der Waals surface area contributed by atoms with E-state index in [1.807, 2.05) is 12.1 Å². The molecule has 0 fully saturated rings. The van der Waals surface area contributed by atoms with Crippen LogP contribution in [0.2, 0.25) is 0 Å². The van der Waals surface area contributed by atoms with E-state index >= 15 is 0 Å². The van der Waals surface area contributed by atoms with E-state index in [4.69, 9.17) is 22.9 Å². The lowest BCUT2D eigenvalue weighted by atomic mass is 10.0. The van der Waals surface area contributed by atoms with E-state index in [9.17, 15) is 0 Å². The lowest BCUT2D eigenvalue weighted by molar-refractivity contribution is 0.964. The van der Waals surface area contributed by atoms with Gasteiger partial charge in [-0.3, -0.25) is 9.98 Å². The second kappa shape index (κ2) is 9.75. The lowest BCUT2D eigenvalue weighted by Crippen LogP contribution is -2.23. The number of guanidine groups is 2. The van der Waals surface area contributed by atoms with Crippen LogP contribution in [0.25, 0.3) is 20.9 Å². The SMILES string of the molecule is NC(N)=NCCc1ccccc1-c1ccc(-c2ccccc2CCN=C(N)N)s1. The molecule has 0 unspecified atom stereocenters. The second-order valence-electron chi connectivity index (χ2n) is 6.59. The van der Waals surface area contributed by atoms with Crippen LogP contribution in [0.3, 0.4) is 0 Å². The molecule has 0 aliphatic carbocycles. The van der Waals surface area contributed by atoms with Crippen LogP contribution in [0.4, 0.5) is 0 Å². The monoisotopic (exact) mass is 406 g/mol. The van der Waals surface area contributed by atoms with Gasteiger partial charge in [0.25, 0.3) is 0 Å². The summed E-state index contributed by atoms with van der Waals surface area (Å²) in [5.74, 6) is 0.247. The van der Waals surface area contributed by atoms with Gasteiger partial charge in [0, 0.05) is 22.8 Å². The Kier molecular flexibility index (Phi) is 6.86. The number of hydrogen-bond acceptors (Lipinski definition) is 3. The Morgan fingerprint density at radius 1 is 0.621 bits per heavy atom. The molecule has 6 nitrogen and oxygen atoms in total. The first-order chi connectivity index (χ1) is 14.0. The normalized spacial score (nSPS) is 10.5. The van der Waals surface area contributed by atoms with E-state index in [0.29, 0.717) is 13.1 Å². The molecule has 0 saturated carbocycles. The predicted octanol–water partition coefficient (Wildman–Crippen LogP) is 2.71. The smallest absolute Gasteiger partial charge is 0.185 e. The standard InChI is InChI=1S/C22H26N6S/c23-21(24)27-13-11-15-5-1-3-7-17(15)19-9-10-20(29-19)18-8-4-2-6-16(18)12-14-28-22(25)26/h1-10H,11-14H2,(H4,23,24,27)(H4,25,26,28). The molecule has 8 N–H and O–H groups in total. The molecule has 0 aliphatic heterocycles. The molecule has 0 radical (unpaired) electrons. The quantitative estimate of drug-likeness (QED) is 0.338. The van der Waals surface area contributed by atoms with Crippen molar-refractivity contribution in [1.82, 2.24) is 0 Å². The van der Waals surface area contributed by atoms with Gasteiger partial charge in [0.1, 0.15) is 0 Å². The maximum absolute atomic E-state index is 5.45. The zero-order valence-corrected chi connectivity index (χ0v) is 17.0. The molecule has 0 spiro atoms. The van der Waals surface area contributed by atoms with Crippen LogP contribution in [-0.2, 0) is 12.8 Å². The number of thiophene rings is 1. The molecule has 150 valence electrons. The van der Waals surface area contributed by atoms with Crippen LogP contribution in [0.15, 0.2) is 70.6 Å². The van der Waals surface area contributed by atoms with Gasteiger partial charge in [-0.05, 0) is 47.2 Å². The minimum atomic E-state index is 0.123. The number of aliphatic imine (C=N–C) groups is 2. The zero-order valence-electron chi connectivity index (χ0n) is 16.2. The average molecular weight is 407 g/mol. The average Bonchev–Trinajstić information content (AvgIpc) is 3.18. The van der Waals surface area contributed by atoms with Crippen molar-refractivity contribution in [2.24, 2.45) is 32.9 Å². The second-order valence-corrected chi connectivity index (χ2v) is 7.68. The van der Waals surface area contributed by atoms with Crippen molar-refractivity contribution in [1.29, 1.82) is 0 Å². The van der Waals surface area contributed by atoms with Crippen LogP contribution in [0.5, 0.6) is 0 Å². The summed E-state index contributed by atoms with van der Waals surface area (Å²) < 4.78 is 0. The van der Waals surface area contributed by atoms with Gasteiger partial charge < -0.3 is 22.9 Å². The molecular weight excluding hydrogens is 380 g/mol. The molecule has 0 aliphatic rings. The molecule has 0 saturated heterocycles. The van der Waals surface area contributed by atoms with Gasteiger partial charge in [-0.1, -0.05) is 48.5 Å². The Bertz CT molecular complexity index is 933. The van der Waals surface area contributed by atoms with Crippen LogP contribution in [-0.4, -0.2) is 25.0 Å². The minimum absolute atomic E-state index is 0.123. The predicted molar refractivity (Wildman–Crippen MR) is 124 cm³/mol. The largest absolute Gasteiger partial charge is 0.370 e. The van der Waals surface area contributed by atoms with Crippen molar-refractivity contribution in [3.8, 4) is 20.9 Å². The fourth-order valence-corrected chi connectivity index (χ4v) is 4.32. The van der Waals surface area contributed by atoms with Crippen LogP contribution < -0.4 is 22.9 Å². The maximum Gasteiger partial charge on any atom is 0.185 e. The first kappa shape index (κ1) is 20.4. The summed E-state index contributed by atoms with van der Waals surface area (Å²) >= 11 is 1.78. The number of nitrogens with two attached hydrogens (primary N) is 4. The van der Waals surface area contributed by atoms with E-state index in [-0.39, 0.29) is 11.9 Å². The molecule has 29 heavy (non-hydrogen) atoms. The Balaban J connectivity index is 1.86. The van der Waals surface area contributed by atoms with Crippen molar-refractivity contribution in [3.63, 3.8) is 0 Å². The van der Waals surface area contributed by atoms with Gasteiger partial charge in [-0.15, -0.1) is 11.3 Å². The van der Waals surface area contributed by atoms with Gasteiger partial charge in [-0.2, -0.15) is 0 Å². The third kappa shape index (κ3) is 5.58. The molecule has 0 bridgehead atoms. The molecule has 2 aromatic carbocycles. The van der Waals surface area contributed by atoms with E-state index in [1.165, 1.54) is 32.0 Å². The first-order valence-corrected chi connectivity index (χ1v) is 10.2. The fourth-order valence-electron chi connectivity index (χ4n) is 3.20. The highest BCUT2D eigenvalue weighted by Gasteiger charge is 2.11. The number of hydrogen-bond donors (Lipinski definition) is 4. The van der Waals surface area contributed by atoms with Crippen molar-refractivity contribution < 1.29 is 0 Å². The molecule has 0 atom stereocenters. The lowest BCUT2D eigenvalue weighted by Gasteiger charge is -2.08. The summed E-state index contributed by atoms with van der Waals surface area (Å²) in [4.78, 5) is 10.7.